The van der Waals surface area contributed by atoms with Gasteiger partial charge in [0.1, 0.15) is 0 Å². The molecule has 0 aliphatic carbocycles. The fourth-order valence-corrected chi connectivity index (χ4v) is 3.69. The van der Waals surface area contributed by atoms with Crippen molar-refractivity contribution in [2.45, 2.75) is 33.1 Å². The van der Waals surface area contributed by atoms with Crippen molar-refractivity contribution in [1.29, 1.82) is 0 Å². The fraction of sp³-hybridized carbons (Fsp3) is 0.500. The van der Waals surface area contributed by atoms with Crippen LogP contribution in [0.2, 0.25) is 0 Å². The van der Waals surface area contributed by atoms with Crippen LogP contribution in [-0.2, 0) is 6.42 Å². The zero-order chi connectivity index (χ0) is 15.8. The second-order valence-electron chi connectivity index (χ2n) is 5.05. The van der Waals surface area contributed by atoms with Crippen molar-refractivity contribution in [3.05, 3.63) is 27.4 Å². The van der Waals surface area contributed by atoms with E-state index in [1.807, 2.05) is 25.3 Å². The summed E-state index contributed by atoms with van der Waals surface area (Å²) in [6.07, 6.45) is 3.36. The van der Waals surface area contributed by atoms with Crippen LogP contribution >= 0.6 is 22.7 Å². The lowest BCUT2D eigenvalue weighted by atomic mass is 10.3. The number of nitrogens with zero attached hydrogens (tertiary/aromatic N) is 2. The van der Waals surface area contributed by atoms with Gasteiger partial charge in [-0.3, -0.25) is 4.99 Å². The van der Waals surface area contributed by atoms with E-state index in [0.29, 0.717) is 0 Å². The lowest BCUT2D eigenvalue weighted by Gasteiger charge is -2.10. The lowest BCUT2D eigenvalue weighted by Crippen LogP contribution is -2.38. The molecule has 0 fully saturated rings. The van der Waals surface area contributed by atoms with Crippen LogP contribution in [0.1, 0.15) is 29.7 Å². The molecule has 0 aliphatic heterocycles. The summed E-state index contributed by atoms with van der Waals surface area (Å²) in [5, 5.41) is 9.93. The summed E-state index contributed by atoms with van der Waals surface area (Å²) in [6, 6.07) is 4.37. The highest BCUT2D eigenvalue weighted by molar-refractivity contribution is 7.16. The van der Waals surface area contributed by atoms with E-state index in [9.17, 15) is 0 Å². The molecular formula is C16H24N4S2. The Morgan fingerprint density at radius 2 is 2.09 bits per heavy atom. The number of thiazole rings is 1. The van der Waals surface area contributed by atoms with Crippen molar-refractivity contribution in [2.24, 2.45) is 4.99 Å². The molecule has 0 atom stereocenters. The van der Waals surface area contributed by atoms with Gasteiger partial charge in [0.15, 0.2) is 5.96 Å². The van der Waals surface area contributed by atoms with Crippen LogP contribution in [-0.4, -0.2) is 31.1 Å². The molecule has 120 valence electrons. The summed E-state index contributed by atoms with van der Waals surface area (Å²) in [7, 11) is 1.81. The van der Waals surface area contributed by atoms with Gasteiger partial charge < -0.3 is 10.6 Å². The van der Waals surface area contributed by atoms with Gasteiger partial charge in [-0.1, -0.05) is 13.3 Å². The molecule has 2 aromatic rings. The first-order valence-electron chi connectivity index (χ1n) is 7.68. The Morgan fingerprint density at radius 1 is 1.27 bits per heavy atom. The molecular weight excluding hydrogens is 312 g/mol. The number of hydrogen-bond donors (Lipinski definition) is 2. The van der Waals surface area contributed by atoms with Crippen molar-refractivity contribution >= 4 is 28.6 Å². The monoisotopic (exact) mass is 336 g/mol. The van der Waals surface area contributed by atoms with E-state index in [0.717, 1.165) is 36.2 Å². The largest absolute Gasteiger partial charge is 0.356 e. The van der Waals surface area contributed by atoms with Crippen molar-refractivity contribution in [3.8, 4) is 10.6 Å². The maximum Gasteiger partial charge on any atom is 0.190 e. The minimum atomic E-state index is 0.889. The van der Waals surface area contributed by atoms with Gasteiger partial charge in [0, 0.05) is 30.4 Å². The molecule has 2 rings (SSSR count). The van der Waals surface area contributed by atoms with Crippen molar-refractivity contribution in [2.75, 3.05) is 20.1 Å². The highest BCUT2D eigenvalue weighted by Gasteiger charge is 2.06. The van der Waals surface area contributed by atoms with Crippen molar-refractivity contribution < 1.29 is 0 Å². The molecule has 0 spiro atoms. The van der Waals surface area contributed by atoms with E-state index >= 15 is 0 Å². The Morgan fingerprint density at radius 3 is 2.77 bits per heavy atom. The Balaban J connectivity index is 1.79. The maximum absolute atomic E-state index is 4.54. The average molecular weight is 337 g/mol. The number of aromatic nitrogens is 1. The van der Waals surface area contributed by atoms with E-state index in [-0.39, 0.29) is 0 Å². The normalized spacial score (nSPS) is 11.7. The highest BCUT2D eigenvalue weighted by atomic mass is 32.1. The van der Waals surface area contributed by atoms with E-state index in [4.69, 9.17) is 0 Å². The first-order valence-corrected chi connectivity index (χ1v) is 9.38. The first kappa shape index (κ1) is 17.0. The van der Waals surface area contributed by atoms with Gasteiger partial charge >= 0.3 is 0 Å². The lowest BCUT2D eigenvalue weighted by molar-refractivity contribution is 0.727. The number of thiophene rings is 1. The summed E-state index contributed by atoms with van der Waals surface area (Å²) < 4.78 is 0. The van der Waals surface area contributed by atoms with Crippen LogP contribution in [0.5, 0.6) is 0 Å². The molecule has 4 nitrogen and oxygen atoms in total. The zero-order valence-corrected chi connectivity index (χ0v) is 15.1. The predicted molar refractivity (Wildman–Crippen MR) is 98.1 cm³/mol. The third-order valence-electron chi connectivity index (χ3n) is 3.24. The van der Waals surface area contributed by atoms with E-state index < -0.39 is 0 Å². The average Bonchev–Trinajstić information content (AvgIpc) is 3.14. The van der Waals surface area contributed by atoms with Crippen LogP contribution in [0.3, 0.4) is 0 Å². The highest BCUT2D eigenvalue weighted by Crippen LogP contribution is 2.29. The molecule has 0 saturated carbocycles. The standard InChI is InChI=1S/C16H24N4S2/c1-4-5-9-18-16(17-3)19-10-8-13-6-7-15(22-13)14-11-21-12(2)20-14/h6-7,11H,4-5,8-10H2,1-3H3,(H2,17,18,19). The molecule has 0 saturated heterocycles. The molecule has 2 aromatic heterocycles. The summed E-state index contributed by atoms with van der Waals surface area (Å²) in [6.45, 7) is 6.10. The minimum absolute atomic E-state index is 0.889. The number of nitrogens with one attached hydrogen (secondary N) is 2. The number of guanidine groups is 1. The Kier molecular flexibility index (Phi) is 6.86. The SMILES string of the molecule is CCCCNC(=NC)NCCc1ccc(-c2csc(C)n2)s1. The molecule has 0 bridgehead atoms. The molecule has 0 aliphatic rings. The number of aryl methyl sites for hydroxylation is 1. The number of hydrogen-bond acceptors (Lipinski definition) is 4. The Bertz CT molecular complexity index is 601. The topological polar surface area (TPSA) is 49.3 Å². The molecule has 0 amide bonds. The van der Waals surface area contributed by atoms with Crippen molar-refractivity contribution in [1.82, 2.24) is 15.6 Å². The number of unbranched alkanes of at least 4 members (excludes halogenated alkanes) is 1. The van der Waals surface area contributed by atoms with Gasteiger partial charge in [0.2, 0.25) is 0 Å². The third kappa shape index (κ3) is 5.10. The van der Waals surface area contributed by atoms with Gasteiger partial charge in [-0.15, -0.1) is 22.7 Å². The molecule has 2 heterocycles. The Hall–Kier alpha value is -1.40. The summed E-state index contributed by atoms with van der Waals surface area (Å²) in [4.78, 5) is 11.4. The second kappa shape index (κ2) is 8.90. The smallest absolute Gasteiger partial charge is 0.190 e. The van der Waals surface area contributed by atoms with Crippen LogP contribution in [0.15, 0.2) is 22.5 Å². The molecule has 0 unspecified atom stereocenters. The van der Waals surface area contributed by atoms with E-state index in [2.05, 4.69) is 45.0 Å². The third-order valence-corrected chi connectivity index (χ3v) is 5.18. The maximum atomic E-state index is 4.54. The van der Waals surface area contributed by atoms with Gasteiger partial charge in [-0.2, -0.15) is 0 Å². The van der Waals surface area contributed by atoms with Crippen LogP contribution in [0.4, 0.5) is 0 Å². The first-order chi connectivity index (χ1) is 10.7. The molecule has 6 heteroatoms. The van der Waals surface area contributed by atoms with Gasteiger partial charge in [-0.25, -0.2) is 4.98 Å². The molecule has 22 heavy (non-hydrogen) atoms. The quantitative estimate of drug-likeness (QED) is 0.460. The summed E-state index contributed by atoms with van der Waals surface area (Å²) >= 11 is 3.53. The molecule has 2 N–H and O–H groups in total. The molecule has 0 radical (unpaired) electrons. The second-order valence-corrected chi connectivity index (χ2v) is 7.28. The van der Waals surface area contributed by atoms with Crippen molar-refractivity contribution in [3.63, 3.8) is 0 Å². The van der Waals surface area contributed by atoms with Crippen LogP contribution in [0, 0.1) is 6.92 Å². The Labute approximate surface area is 140 Å². The fourth-order valence-electron chi connectivity index (χ4n) is 2.03. The van der Waals surface area contributed by atoms with E-state index in [1.165, 1.54) is 22.6 Å². The minimum Gasteiger partial charge on any atom is -0.356 e. The van der Waals surface area contributed by atoms with Gasteiger partial charge in [0.05, 0.1) is 15.6 Å². The number of aliphatic imine (C=N–C) groups is 1. The molecule has 0 aromatic carbocycles. The number of rotatable bonds is 7. The summed E-state index contributed by atoms with van der Waals surface area (Å²) in [5.41, 5.74) is 1.10. The van der Waals surface area contributed by atoms with Crippen LogP contribution in [0.25, 0.3) is 10.6 Å². The van der Waals surface area contributed by atoms with Gasteiger partial charge in [-0.05, 0) is 31.9 Å². The summed E-state index contributed by atoms with van der Waals surface area (Å²) in [5.74, 6) is 0.889. The van der Waals surface area contributed by atoms with Crippen LogP contribution < -0.4 is 10.6 Å². The van der Waals surface area contributed by atoms with E-state index in [1.54, 1.807) is 11.3 Å². The van der Waals surface area contributed by atoms with Gasteiger partial charge in [0.25, 0.3) is 0 Å². The zero-order valence-electron chi connectivity index (χ0n) is 13.5. The predicted octanol–water partition coefficient (Wildman–Crippen LogP) is 3.69.